The van der Waals surface area contributed by atoms with E-state index in [0.717, 1.165) is 0 Å². The van der Waals surface area contributed by atoms with Crippen molar-refractivity contribution >= 4 is 29.3 Å². The number of halogens is 2. The van der Waals surface area contributed by atoms with Crippen molar-refractivity contribution in [1.82, 2.24) is 0 Å². The van der Waals surface area contributed by atoms with Crippen LogP contribution in [-0.2, 0) is 9.59 Å². The van der Waals surface area contributed by atoms with Gasteiger partial charge in [-0.2, -0.15) is 0 Å². The van der Waals surface area contributed by atoms with E-state index in [4.69, 9.17) is 4.74 Å². The number of rotatable bonds is 8. The third kappa shape index (κ3) is 5.89. The largest absolute Gasteiger partial charge is 0.490 e. The minimum absolute atomic E-state index is 0.0877. The van der Waals surface area contributed by atoms with Gasteiger partial charge in [0.05, 0.1) is 11.4 Å². The molecule has 0 aliphatic heterocycles. The number of hydrogen-bond acceptors (Lipinski definition) is 3. The van der Waals surface area contributed by atoms with Gasteiger partial charge in [-0.15, -0.1) is 0 Å². The van der Waals surface area contributed by atoms with Crippen LogP contribution in [-0.4, -0.2) is 18.4 Å². The van der Waals surface area contributed by atoms with E-state index in [0.29, 0.717) is 17.9 Å². The number of para-hydroxylation sites is 2. The van der Waals surface area contributed by atoms with Crippen LogP contribution in [0.25, 0.3) is 6.08 Å². The summed E-state index contributed by atoms with van der Waals surface area (Å²) in [6.07, 6.45) is 2.93. The number of hydrogen-bond donors (Lipinski definition) is 2. The van der Waals surface area contributed by atoms with E-state index in [9.17, 15) is 18.4 Å². The van der Waals surface area contributed by atoms with Gasteiger partial charge >= 0.3 is 0 Å². The minimum atomic E-state index is -0.851. The zero-order valence-electron chi connectivity index (χ0n) is 17.0. The van der Waals surface area contributed by atoms with Crippen LogP contribution in [0.15, 0.2) is 91.0 Å². The van der Waals surface area contributed by atoms with Crippen LogP contribution in [0.4, 0.5) is 20.2 Å². The average molecular weight is 434 g/mol. The van der Waals surface area contributed by atoms with Gasteiger partial charge in [0, 0.05) is 0 Å². The van der Waals surface area contributed by atoms with E-state index in [-0.39, 0.29) is 16.9 Å². The van der Waals surface area contributed by atoms with Gasteiger partial charge in [-0.05, 0) is 48.0 Å². The normalized spacial score (nSPS) is 10.1. The Labute approximate surface area is 184 Å². The second-order valence-corrected chi connectivity index (χ2v) is 6.59. The molecule has 3 rings (SSSR count). The molecule has 5 nitrogen and oxygen atoms in total. The predicted molar refractivity (Wildman–Crippen MR) is 120 cm³/mol. The second-order valence-electron chi connectivity index (χ2n) is 6.59. The molecule has 0 bridgehead atoms. The van der Waals surface area contributed by atoms with Crippen molar-refractivity contribution in [1.29, 1.82) is 0 Å². The number of anilines is 2. The van der Waals surface area contributed by atoms with Gasteiger partial charge in [-0.25, -0.2) is 8.78 Å². The lowest BCUT2D eigenvalue weighted by molar-refractivity contribution is -0.118. The van der Waals surface area contributed by atoms with E-state index in [1.807, 2.05) is 0 Å². The Balaban J connectivity index is 1.90. The summed E-state index contributed by atoms with van der Waals surface area (Å²) in [6, 6.07) is 17.7. The molecule has 0 radical (unpaired) electrons. The van der Waals surface area contributed by atoms with E-state index in [2.05, 4.69) is 17.2 Å². The maximum Gasteiger partial charge on any atom is 0.261 e. The Morgan fingerprint density at radius 2 is 1.31 bits per heavy atom. The molecule has 3 aromatic rings. The van der Waals surface area contributed by atoms with Crippen molar-refractivity contribution in [3.8, 4) is 5.75 Å². The first-order valence-electron chi connectivity index (χ1n) is 9.65. The Hall–Kier alpha value is -4.26. The molecular formula is C25H20F2N2O3. The zero-order valence-corrected chi connectivity index (χ0v) is 17.0. The zero-order chi connectivity index (χ0) is 22.9. The number of carbonyl (C=O) groups excluding carboxylic acids is 2. The fraction of sp³-hybridized carbons (Fsp3) is 0.0400. The fourth-order valence-corrected chi connectivity index (χ4v) is 2.72. The van der Waals surface area contributed by atoms with Crippen molar-refractivity contribution in [3.05, 3.63) is 108 Å². The number of amides is 2. The summed E-state index contributed by atoms with van der Waals surface area (Å²) >= 11 is 0. The van der Waals surface area contributed by atoms with Crippen molar-refractivity contribution in [2.75, 3.05) is 17.2 Å². The summed E-state index contributed by atoms with van der Waals surface area (Å²) in [7, 11) is 0. The molecule has 2 N–H and O–H groups in total. The molecule has 0 aliphatic rings. The van der Waals surface area contributed by atoms with Crippen LogP contribution in [0.2, 0.25) is 0 Å². The summed E-state index contributed by atoms with van der Waals surface area (Å²) < 4.78 is 33.4. The minimum Gasteiger partial charge on any atom is -0.490 e. The highest BCUT2D eigenvalue weighted by molar-refractivity contribution is 6.28. The first kappa shape index (κ1) is 22.4. The Morgan fingerprint density at radius 1 is 0.812 bits per heavy atom. The predicted octanol–water partition coefficient (Wildman–Crippen LogP) is 5.19. The first-order valence-corrected chi connectivity index (χ1v) is 9.65. The Kier molecular flexibility index (Phi) is 7.48. The van der Waals surface area contributed by atoms with Gasteiger partial charge in [0.15, 0.2) is 0 Å². The van der Waals surface area contributed by atoms with Gasteiger partial charge < -0.3 is 15.4 Å². The highest BCUT2D eigenvalue weighted by atomic mass is 19.1. The molecular weight excluding hydrogens is 414 g/mol. The molecule has 0 fully saturated rings. The number of carbonyl (C=O) groups is 2. The summed E-state index contributed by atoms with van der Waals surface area (Å²) in [5, 5.41) is 4.76. The lowest BCUT2D eigenvalue weighted by Gasteiger charge is -2.11. The lowest BCUT2D eigenvalue weighted by atomic mass is 10.1. The van der Waals surface area contributed by atoms with E-state index < -0.39 is 23.4 Å². The molecule has 0 aromatic heterocycles. The number of ether oxygens (including phenoxy) is 1. The third-order valence-corrected chi connectivity index (χ3v) is 4.29. The van der Waals surface area contributed by atoms with E-state index in [1.165, 1.54) is 42.5 Å². The number of benzene rings is 3. The monoisotopic (exact) mass is 434 g/mol. The van der Waals surface area contributed by atoms with Gasteiger partial charge in [-0.1, -0.05) is 49.1 Å². The van der Waals surface area contributed by atoms with Crippen molar-refractivity contribution in [2.24, 2.45) is 0 Å². The smallest absolute Gasteiger partial charge is 0.261 e. The van der Waals surface area contributed by atoms with Gasteiger partial charge in [0.1, 0.15) is 29.6 Å². The van der Waals surface area contributed by atoms with Crippen LogP contribution in [0.5, 0.6) is 5.75 Å². The standard InChI is InChI=1S/C25H20F2N2O3/c1-2-15-32-18-13-11-17(12-14-18)16-19(24(30)28-22-9-5-3-7-20(22)26)25(31)29-23-10-6-4-8-21(23)27/h2-14,16H,1,15H2,(H,28,30)(H,29,31). The summed E-state index contributed by atoms with van der Waals surface area (Å²) in [5.74, 6) is -2.43. The van der Waals surface area contributed by atoms with Crippen molar-refractivity contribution in [2.45, 2.75) is 0 Å². The summed E-state index contributed by atoms with van der Waals surface area (Å²) in [5.41, 5.74) is 0.000107. The maximum atomic E-state index is 14.0. The molecule has 0 saturated heterocycles. The second kappa shape index (κ2) is 10.7. The molecule has 3 aromatic carbocycles. The molecule has 2 amide bonds. The average Bonchev–Trinajstić information content (AvgIpc) is 2.79. The molecule has 0 spiro atoms. The van der Waals surface area contributed by atoms with Gasteiger partial charge in [-0.3, -0.25) is 9.59 Å². The number of nitrogens with one attached hydrogen (secondary N) is 2. The van der Waals surface area contributed by atoms with E-state index in [1.54, 1.807) is 42.5 Å². The lowest BCUT2D eigenvalue weighted by Crippen LogP contribution is -2.26. The van der Waals surface area contributed by atoms with Crippen LogP contribution >= 0.6 is 0 Å². The fourth-order valence-electron chi connectivity index (χ4n) is 2.72. The quantitative estimate of drug-likeness (QED) is 0.222. The summed E-state index contributed by atoms with van der Waals surface area (Å²) in [6.45, 7) is 3.91. The molecule has 7 heteroatoms. The molecule has 32 heavy (non-hydrogen) atoms. The van der Waals surface area contributed by atoms with Crippen LogP contribution in [0, 0.1) is 11.6 Å². The first-order chi connectivity index (χ1) is 15.5. The van der Waals surface area contributed by atoms with Crippen LogP contribution < -0.4 is 15.4 Å². The van der Waals surface area contributed by atoms with Crippen molar-refractivity contribution < 1.29 is 23.1 Å². The maximum absolute atomic E-state index is 14.0. The van der Waals surface area contributed by atoms with Gasteiger partial charge in [0.2, 0.25) is 0 Å². The third-order valence-electron chi connectivity index (χ3n) is 4.29. The molecule has 0 atom stereocenters. The summed E-state index contributed by atoms with van der Waals surface area (Å²) in [4.78, 5) is 25.7. The SMILES string of the molecule is C=CCOc1ccc(C=C(C(=O)Nc2ccccc2F)C(=O)Nc2ccccc2F)cc1. The molecule has 162 valence electrons. The van der Waals surface area contributed by atoms with Crippen molar-refractivity contribution in [3.63, 3.8) is 0 Å². The topological polar surface area (TPSA) is 67.4 Å². The van der Waals surface area contributed by atoms with Crippen LogP contribution in [0.3, 0.4) is 0 Å². The molecule has 0 saturated carbocycles. The highest BCUT2D eigenvalue weighted by Gasteiger charge is 2.21. The van der Waals surface area contributed by atoms with E-state index >= 15 is 0 Å². The highest BCUT2D eigenvalue weighted by Crippen LogP contribution is 2.19. The molecule has 0 aliphatic carbocycles. The Morgan fingerprint density at radius 3 is 1.78 bits per heavy atom. The van der Waals surface area contributed by atoms with Gasteiger partial charge in [0.25, 0.3) is 11.8 Å². The molecule has 0 heterocycles. The molecule has 0 unspecified atom stereocenters. The van der Waals surface area contributed by atoms with Crippen LogP contribution in [0.1, 0.15) is 5.56 Å². The Bertz CT molecular complexity index is 1100.